The fourth-order valence-corrected chi connectivity index (χ4v) is 4.71. The lowest BCUT2D eigenvalue weighted by molar-refractivity contribution is 0.100. The third-order valence-corrected chi connectivity index (χ3v) is 6.90. The van der Waals surface area contributed by atoms with Crippen molar-refractivity contribution in [2.24, 2.45) is 5.73 Å². The minimum absolute atomic E-state index is 0.118. The standard InChI is InChI=1S/C26H38N8O2/c1-2-32-13-15-33(16-14-32)17-18-36-21-9-7-20(8-10-21)29-25-23(24(28)35)22(19-27)30-26(31-25)34-11-5-3-4-6-12-34/h7-10,19,27H,2-6,11-18H2,1H3,(H2,28,35)(H,29,30,31). The molecule has 4 N–H and O–H groups in total. The topological polar surface area (TPSA) is 124 Å². The second-order valence-electron chi connectivity index (χ2n) is 9.32. The molecule has 10 nitrogen and oxygen atoms in total. The van der Waals surface area contributed by atoms with Gasteiger partial charge in [0.15, 0.2) is 0 Å². The molecule has 3 heterocycles. The number of likely N-dealkylation sites (N-methyl/N-ethyl adjacent to an activating group) is 1. The summed E-state index contributed by atoms with van der Waals surface area (Å²) in [7, 11) is 0. The van der Waals surface area contributed by atoms with Gasteiger partial charge >= 0.3 is 0 Å². The van der Waals surface area contributed by atoms with E-state index in [0.29, 0.717) is 18.4 Å². The number of nitrogens with two attached hydrogens (primary N) is 1. The lowest BCUT2D eigenvalue weighted by atomic mass is 10.2. The molecule has 0 radical (unpaired) electrons. The Bertz CT molecular complexity index is 1010. The maximum absolute atomic E-state index is 12.2. The zero-order valence-electron chi connectivity index (χ0n) is 21.2. The van der Waals surface area contributed by atoms with Crippen LogP contribution in [0, 0.1) is 5.41 Å². The number of amides is 1. The number of carbonyl (C=O) groups excluding carboxylic acids is 1. The van der Waals surface area contributed by atoms with Gasteiger partial charge in [-0.3, -0.25) is 9.69 Å². The third-order valence-electron chi connectivity index (χ3n) is 6.90. The number of hydrogen-bond donors (Lipinski definition) is 3. The smallest absolute Gasteiger partial charge is 0.254 e. The van der Waals surface area contributed by atoms with Gasteiger partial charge in [-0.15, -0.1) is 0 Å². The molecule has 0 unspecified atom stereocenters. The Morgan fingerprint density at radius 1 is 1.03 bits per heavy atom. The summed E-state index contributed by atoms with van der Waals surface area (Å²) in [6.07, 6.45) is 5.57. The Kier molecular flexibility index (Phi) is 9.07. The van der Waals surface area contributed by atoms with Crippen LogP contribution in [0.4, 0.5) is 17.5 Å². The first-order valence-electron chi connectivity index (χ1n) is 13.0. The Hall–Kier alpha value is -3.24. The van der Waals surface area contributed by atoms with E-state index in [2.05, 4.69) is 36.9 Å². The quantitative estimate of drug-likeness (QED) is 0.431. The van der Waals surface area contributed by atoms with Crippen molar-refractivity contribution >= 4 is 29.6 Å². The van der Waals surface area contributed by atoms with Gasteiger partial charge in [-0.25, -0.2) is 4.98 Å². The highest BCUT2D eigenvalue weighted by molar-refractivity contribution is 6.04. The molecular formula is C26H38N8O2. The van der Waals surface area contributed by atoms with E-state index in [4.69, 9.17) is 15.9 Å². The monoisotopic (exact) mass is 494 g/mol. The van der Waals surface area contributed by atoms with Crippen LogP contribution in [-0.4, -0.2) is 90.9 Å². The maximum atomic E-state index is 12.2. The number of anilines is 3. The summed E-state index contributed by atoms with van der Waals surface area (Å²) in [6.45, 7) is 11.0. The molecule has 2 aliphatic heterocycles. The van der Waals surface area contributed by atoms with E-state index in [9.17, 15) is 4.79 Å². The molecular weight excluding hydrogens is 456 g/mol. The second-order valence-corrected chi connectivity index (χ2v) is 9.32. The Labute approximate surface area is 213 Å². The van der Waals surface area contributed by atoms with Crippen LogP contribution in [0.3, 0.4) is 0 Å². The molecule has 2 aromatic rings. The molecule has 1 aromatic carbocycles. The van der Waals surface area contributed by atoms with Gasteiger partial charge in [0.2, 0.25) is 5.95 Å². The minimum atomic E-state index is -0.668. The molecule has 0 bridgehead atoms. The Morgan fingerprint density at radius 2 is 1.69 bits per heavy atom. The zero-order chi connectivity index (χ0) is 25.3. The minimum Gasteiger partial charge on any atom is -0.492 e. The largest absolute Gasteiger partial charge is 0.492 e. The van der Waals surface area contributed by atoms with E-state index in [1.165, 1.54) is 12.8 Å². The molecule has 4 rings (SSSR count). The number of ether oxygens (including phenoxy) is 1. The van der Waals surface area contributed by atoms with Gasteiger partial charge in [0.1, 0.15) is 29.4 Å². The lowest BCUT2D eigenvalue weighted by Gasteiger charge is -2.33. The number of aromatic nitrogens is 2. The summed E-state index contributed by atoms with van der Waals surface area (Å²) in [4.78, 5) is 28.4. The van der Waals surface area contributed by atoms with Crippen molar-refractivity contribution in [1.29, 1.82) is 5.41 Å². The predicted molar refractivity (Wildman–Crippen MR) is 143 cm³/mol. The zero-order valence-corrected chi connectivity index (χ0v) is 21.2. The number of piperazine rings is 1. The fraction of sp³-hybridized carbons (Fsp3) is 0.538. The van der Waals surface area contributed by atoms with Gasteiger partial charge in [0.25, 0.3) is 5.91 Å². The average Bonchev–Trinajstić information content (AvgIpc) is 3.19. The van der Waals surface area contributed by atoms with E-state index in [-0.39, 0.29) is 11.3 Å². The first-order valence-corrected chi connectivity index (χ1v) is 13.0. The molecule has 10 heteroatoms. The molecule has 194 valence electrons. The molecule has 1 amide bonds. The molecule has 2 fully saturated rings. The predicted octanol–water partition coefficient (Wildman–Crippen LogP) is 2.71. The summed E-state index contributed by atoms with van der Waals surface area (Å²) in [5, 5.41) is 11.0. The maximum Gasteiger partial charge on any atom is 0.254 e. The highest BCUT2D eigenvalue weighted by Crippen LogP contribution is 2.26. The number of primary amides is 1. The Balaban J connectivity index is 1.41. The van der Waals surface area contributed by atoms with Crippen molar-refractivity contribution in [3.63, 3.8) is 0 Å². The second kappa shape index (κ2) is 12.6. The summed E-state index contributed by atoms with van der Waals surface area (Å²) >= 11 is 0. The van der Waals surface area contributed by atoms with Crippen molar-refractivity contribution in [2.45, 2.75) is 32.6 Å². The van der Waals surface area contributed by atoms with Crippen LogP contribution < -0.4 is 20.7 Å². The van der Waals surface area contributed by atoms with E-state index >= 15 is 0 Å². The first-order chi connectivity index (χ1) is 17.6. The number of carbonyl (C=O) groups is 1. The normalized spacial score (nSPS) is 17.4. The van der Waals surface area contributed by atoms with Gasteiger partial charge in [-0.05, 0) is 43.7 Å². The molecule has 0 saturated carbocycles. The van der Waals surface area contributed by atoms with Gasteiger partial charge in [0, 0.05) is 57.7 Å². The van der Waals surface area contributed by atoms with Gasteiger partial charge in [0.05, 0.1) is 0 Å². The summed E-state index contributed by atoms with van der Waals surface area (Å²) in [5.74, 6) is 0.951. The van der Waals surface area contributed by atoms with E-state index in [0.717, 1.165) is 82.9 Å². The molecule has 2 saturated heterocycles. The van der Waals surface area contributed by atoms with Crippen LogP contribution in [0.1, 0.15) is 48.7 Å². The van der Waals surface area contributed by atoms with E-state index in [1.807, 2.05) is 24.3 Å². The van der Waals surface area contributed by atoms with Crippen molar-refractivity contribution in [3.05, 3.63) is 35.5 Å². The van der Waals surface area contributed by atoms with Crippen molar-refractivity contribution < 1.29 is 9.53 Å². The van der Waals surface area contributed by atoms with Crippen LogP contribution in [0.5, 0.6) is 5.75 Å². The summed E-state index contributed by atoms with van der Waals surface area (Å²) in [6, 6.07) is 7.57. The number of nitrogens with zero attached hydrogens (tertiary/aromatic N) is 5. The number of rotatable bonds is 10. The van der Waals surface area contributed by atoms with E-state index in [1.54, 1.807) is 0 Å². The third kappa shape index (κ3) is 6.70. The van der Waals surface area contributed by atoms with Crippen LogP contribution in [0.2, 0.25) is 0 Å². The summed E-state index contributed by atoms with van der Waals surface area (Å²) < 4.78 is 5.96. The molecule has 0 spiro atoms. The number of nitrogens with one attached hydrogen (secondary N) is 2. The number of benzene rings is 1. The highest BCUT2D eigenvalue weighted by atomic mass is 16.5. The molecule has 2 aliphatic rings. The van der Waals surface area contributed by atoms with Gasteiger partial charge in [-0.2, -0.15) is 4.98 Å². The SMILES string of the molecule is CCN1CCN(CCOc2ccc(Nc3nc(N4CCCCCC4)nc(C=N)c3C(N)=O)cc2)CC1. The van der Waals surface area contributed by atoms with Crippen molar-refractivity contribution in [3.8, 4) is 5.75 Å². The van der Waals surface area contributed by atoms with Gasteiger partial charge in [-0.1, -0.05) is 19.8 Å². The van der Waals surface area contributed by atoms with Crippen LogP contribution in [0.25, 0.3) is 0 Å². The number of hydrogen-bond acceptors (Lipinski definition) is 9. The van der Waals surface area contributed by atoms with Crippen molar-refractivity contribution in [1.82, 2.24) is 19.8 Å². The first kappa shape index (κ1) is 25.8. The van der Waals surface area contributed by atoms with Crippen LogP contribution in [-0.2, 0) is 0 Å². The Morgan fingerprint density at radius 3 is 2.31 bits per heavy atom. The van der Waals surface area contributed by atoms with Gasteiger partial charge < -0.3 is 31.0 Å². The fourth-order valence-electron chi connectivity index (χ4n) is 4.71. The molecule has 0 atom stereocenters. The molecule has 1 aromatic heterocycles. The molecule has 0 aliphatic carbocycles. The molecule has 36 heavy (non-hydrogen) atoms. The van der Waals surface area contributed by atoms with Crippen LogP contribution in [0.15, 0.2) is 24.3 Å². The van der Waals surface area contributed by atoms with E-state index < -0.39 is 5.91 Å². The highest BCUT2D eigenvalue weighted by Gasteiger charge is 2.22. The summed E-state index contributed by atoms with van der Waals surface area (Å²) in [5.41, 5.74) is 6.74. The lowest BCUT2D eigenvalue weighted by Crippen LogP contribution is -2.47. The van der Waals surface area contributed by atoms with Crippen molar-refractivity contribution in [2.75, 3.05) is 69.2 Å². The van der Waals surface area contributed by atoms with Crippen LogP contribution >= 0.6 is 0 Å². The average molecular weight is 495 g/mol.